The van der Waals surface area contributed by atoms with Crippen LogP contribution in [-0.4, -0.2) is 61.7 Å². The maximum absolute atomic E-state index is 10.2. The van der Waals surface area contributed by atoms with Gasteiger partial charge in [-0.2, -0.15) is 0 Å². The summed E-state index contributed by atoms with van der Waals surface area (Å²) >= 11 is 0. The average molecular weight is 345 g/mol. The van der Waals surface area contributed by atoms with Crippen molar-refractivity contribution in [2.45, 2.75) is 44.8 Å². The van der Waals surface area contributed by atoms with Crippen LogP contribution in [-0.2, 0) is 15.9 Å². The molecule has 2 aliphatic heterocycles. The van der Waals surface area contributed by atoms with Crippen LogP contribution in [0.3, 0.4) is 0 Å². The van der Waals surface area contributed by atoms with Gasteiger partial charge in [0.25, 0.3) is 0 Å². The molecule has 2 unspecified atom stereocenters. The number of aliphatic hydroxyl groups excluding tert-OH is 1. The molecular weight excluding hydrogens is 314 g/mol. The van der Waals surface area contributed by atoms with Gasteiger partial charge >= 0.3 is 0 Å². The molecule has 1 N–H and O–H groups in total. The van der Waals surface area contributed by atoms with Gasteiger partial charge in [-0.25, -0.2) is 0 Å². The van der Waals surface area contributed by atoms with E-state index in [0.29, 0.717) is 19.8 Å². The Morgan fingerprint density at radius 2 is 2.16 bits per heavy atom. The second-order valence-electron chi connectivity index (χ2n) is 7.12. The van der Waals surface area contributed by atoms with Crippen LogP contribution in [0.2, 0.25) is 0 Å². The minimum absolute atomic E-state index is 0.228. The lowest BCUT2D eigenvalue weighted by Gasteiger charge is -2.28. The number of rotatable bonds is 8. The quantitative estimate of drug-likeness (QED) is 0.787. The van der Waals surface area contributed by atoms with E-state index in [1.54, 1.807) is 0 Å². The summed E-state index contributed by atoms with van der Waals surface area (Å²) in [4.78, 5) is 2.30. The van der Waals surface area contributed by atoms with E-state index in [1.807, 2.05) is 0 Å². The highest BCUT2D eigenvalue weighted by Crippen LogP contribution is 2.23. The monoisotopic (exact) mass is 345 g/mol. The summed E-state index contributed by atoms with van der Waals surface area (Å²) in [6.45, 7) is 6.59. The molecule has 0 amide bonds. The van der Waals surface area contributed by atoms with Crippen LogP contribution in [0.25, 0.3) is 5.57 Å². The van der Waals surface area contributed by atoms with Crippen molar-refractivity contribution in [1.82, 2.24) is 4.90 Å². The first-order chi connectivity index (χ1) is 12.2. The molecule has 2 aliphatic rings. The van der Waals surface area contributed by atoms with Gasteiger partial charge in [0.05, 0.1) is 25.4 Å². The normalized spacial score (nSPS) is 22.8. The first-order valence-corrected chi connectivity index (χ1v) is 9.62. The Labute approximate surface area is 151 Å². The molecule has 4 nitrogen and oxygen atoms in total. The number of nitrogens with zero attached hydrogens (tertiary/aromatic N) is 1. The maximum Gasteiger partial charge on any atom is 0.0900 e. The molecule has 0 bridgehead atoms. The van der Waals surface area contributed by atoms with E-state index in [-0.39, 0.29) is 6.10 Å². The molecule has 25 heavy (non-hydrogen) atoms. The van der Waals surface area contributed by atoms with Crippen molar-refractivity contribution in [3.05, 3.63) is 41.5 Å². The summed E-state index contributed by atoms with van der Waals surface area (Å²) in [5.41, 5.74) is 4.13. The van der Waals surface area contributed by atoms with Crippen LogP contribution in [0.4, 0.5) is 0 Å². The molecule has 0 aromatic heterocycles. The number of hydrogen-bond acceptors (Lipinski definition) is 4. The highest BCUT2D eigenvalue weighted by atomic mass is 16.5. The average Bonchev–Trinajstić information content (AvgIpc) is 3.16. The molecule has 138 valence electrons. The van der Waals surface area contributed by atoms with Gasteiger partial charge in [-0.15, -0.1) is 0 Å². The fourth-order valence-electron chi connectivity index (χ4n) is 3.56. The van der Waals surface area contributed by atoms with E-state index in [0.717, 1.165) is 45.4 Å². The lowest BCUT2D eigenvalue weighted by molar-refractivity contribution is -0.0244. The van der Waals surface area contributed by atoms with Crippen molar-refractivity contribution in [2.75, 3.05) is 39.5 Å². The molecule has 1 fully saturated rings. The van der Waals surface area contributed by atoms with Gasteiger partial charge in [0.1, 0.15) is 0 Å². The summed E-state index contributed by atoms with van der Waals surface area (Å²) in [7, 11) is 0. The molecule has 0 radical (unpaired) electrons. The Morgan fingerprint density at radius 3 is 2.80 bits per heavy atom. The lowest BCUT2D eigenvalue weighted by Crippen LogP contribution is -2.37. The SMILES string of the molecule is CCc1ccc(C2=CCN(CC(O)COCC3CCCO3)CC2)cc1. The molecule has 1 saturated heterocycles. The third kappa shape index (κ3) is 5.65. The van der Waals surface area contributed by atoms with Crippen LogP contribution >= 0.6 is 0 Å². The molecule has 0 aliphatic carbocycles. The van der Waals surface area contributed by atoms with E-state index < -0.39 is 6.10 Å². The van der Waals surface area contributed by atoms with Crippen molar-refractivity contribution < 1.29 is 14.6 Å². The maximum atomic E-state index is 10.2. The summed E-state index contributed by atoms with van der Waals surface area (Å²) in [6.07, 6.45) is 6.42. The third-order valence-electron chi connectivity index (χ3n) is 5.13. The Balaban J connectivity index is 1.39. The van der Waals surface area contributed by atoms with Gasteiger partial charge in [0.15, 0.2) is 0 Å². The Kier molecular flexibility index (Phi) is 7.05. The topological polar surface area (TPSA) is 41.9 Å². The zero-order valence-electron chi connectivity index (χ0n) is 15.3. The Hall–Kier alpha value is -1.20. The standard InChI is InChI=1S/C21H31NO3/c1-2-17-5-7-18(8-6-17)19-9-11-22(12-10-19)14-20(23)15-24-16-21-4-3-13-25-21/h5-9,20-21,23H,2-4,10-16H2,1H3. The van der Waals surface area contributed by atoms with Crippen LogP contribution in [0, 0.1) is 0 Å². The predicted molar refractivity (Wildman–Crippen MR) is 101 cm³/mol. The molecule has 0 saturated carbocycles. The third-order valence-corrected chi connectivity index (χ3v) is 5.13. The van der Waals surface area contributed by atoms with E-state index in [2.05, 4.69) is 42.2 Å². The van der Waals surface area contributed by atoms with Crippen LogP contribution < -0.4 is 0 Å². The van der Waals surface area contributed by atoms with E-state index in [4.69, 9.17) is 9.47 Å². The highest BCUT2D eigenvalue weighted by Gasteiger charge is 2.18. The molecule has 2 atom stereocenters. The van der Waals surface area contributed by atoms with Gasteiger partial charge in [-0.1, -0.05) is 37.3 Å². The highest BCUT2D eigenvalue weighted by molar-refractivity contribution is 5.66. The van der Waals surface area contributed by atoms with Crippen LogP contribution in [0.1, 0.15) is 37.3 Å². The predicted octanol–water partition coefficient (Wildman–Crippen LogP) is 2.89. The summed E-state index contributed by atoms with van der Waals surface area (Å²) in [6, 6.07) is 8.90. The number of hydrogen-bond donors (Lipinski definition) is 1. The Morgan fingerprint density at radius 1 is 1.32 bits per heavy atom. The Bertz CT molecular complexity index is 549. The minimum atomic E-state index is -0.430. The van der Waals surface area contributed by atoms with Crippen molar-refractivity contribution in [3.8, 4) is 0 Å². The molecule has 0 spiro atoms. The van der Waals surface area contributed by atoms with Crippen molar-refractivity contribution in [2.24, 2.45) is 0 Å². The molecular formula is C21H31NO3. The molecule has 2 heterocycles. The molecule has 4 heteroatoms. The van der Waals surface area contributed by atoms with Gasteiger partial charge in [-0.3, -0.25) is 4.90 Å². The van der Waals surface area contributed by atoms with Crippen molar-refractivity contribution in [3.63, 3.8) is 0 Å². The summed E-state index contributed by atoms with van der Waals surface area (Å²) in [5.74, 6) is 0. The largest absolute Gasteiger partial charge is 0.389 e. The second-order valence-corrected chi connectivity index (χ2v) is 7.12. The first kappa shape index (κ1) is 18.6. The van der Waals surface area contributed by atoms with Gasteiger partial charge in [0.2, 0.25) is 0 Å². The molecule has 1 aromatic rings. The fraction of sp³-hybridized carbons (Fsp3) is 0.619. The zero-order valence-corrected chi connectivity index (χ0v) is 15.3. The van der Waals surface area contributed by atoms with E-state index in [1.165, 1.54) is 16.7 Å². The number of aliphatic hydroxyl groups is 1. The molecule has 3 rings (SSSR count). The van der Waals surface area contributed by atoms with Crippen molar-refractivity contribution in [1.29, 1.82) is 0 Å². The number of aryl methyl sites for hydroxylation is 1. The number of ether oxygens (including phenoxy) is 2. The number of β-amino-alcohol motifs (C(OH)–C–C–N with tert-alkyl or cyclic N) is 1. The van der Waals surface area contributed by atoms with E-state index in [9.17, 15) is 5.11 Å². The van der Waals surface area contributed by atoms with Crippen LogP contribution in [0.15, 0.2) is 30.3 Å². The smallest absolute Gasteiger partial charge is 0.0900 e. The summed E-state index contributed by atoms with van der Waals surface area (Å²) in [5, 5.41) is 10.2. The minimum Gasteiger partial charge on any atom is -0.389 e. The second kappa shape index (κ2) is 9.48. The first-order valence-electron chi connectivity index (χ1n) is 9.62. The van der Waals surface area contributed by atoms with Gasteiger partial charge < -0.3 is 14.6 Å². The van der Waals surface area contributed by atoms with Crippen molar-refractivity contribution >= 4 is 5.57 Å². The van der Waals surface area contributed by atoms with Gasteiger partial charge in [-0.05, 0) is 42.4 Å². The summed E-state index contributed by atoms with van der Waals surface area (Å²) < 4.78 is 11.1. The van der Waals surface area contributed by atoms with Crippen LogP contribution in [0.5, 0.6) is 0 Å². The zero-order chi connectivity index (χ0) is 17.5. The molecule has 1 aromatic carbocycles. The van der Waals surface area contributed by atoms with E-state index >= 15 is 0 Å². The van der Waals surface area contributed by atoms with Gasteiger partial charge in [0, 0.05) is 26.2 Å². The number of benzene rings is 1. The fourth-order valence-corrected chi connectivity index (χ4v) is 3.56. The lowest BCUT2D eigenvalue weighted by atomic mass is 9.98.